The van der Waals surface area contributed by atoms with Gasteiger partial charge >= 0.3 is 23.9 Å². The van der Waals surface area contributed by atoms with Gasteiger partial charge < -0.3 is 47.4 Å². The summed E-state index contributed by atoms with van der Waals surface area (Å²) in [5.41, 5.74) is 2.85. The smallest absolute Gasteiger partial charge is 0.333 e. The van der Waals surface area contributed by atoms with Crippen LogP contribution in [0.25, 0.3) is 43.1 Å². The van der Waals surface area contributed by atoms with E-state index in [0.717, 1.165) is 32.1 Å². The fourth-order valence-corrected chi connectivity index (χ4v) is 13.7. The Morgan fingerprint density at radius 1 is 0.358 bits per heavy atom. The minimum Gasteiger partial charge on any atom is -0.463 e. The van der Waals surface area contributed by atoms with Gasteiger partial charge in [-0.15, -0.1) is 0 Å². The maximum atomic E-state index is 16.3. The quantitative estimate of drug-likeness (QED) is 0.00843. The standard InChI is InChI=1S/C89H98N2O18/c1-20-68(92)102-41-37-100-39-43-104-84(98)77(49(2)3)90-79(93)60-45-64(106-56-29-21-52(22-30-56)86(8,9)10)71-73-66(108-58-33-25-54(26-34-58)88(14,15)16)47-62-70-63(82(96)91(81(62)95)78(50(4)5)85(99)105-44-40-101-38-42-103-83(97)51(6)7)48-67(109-59-35-27-55(28-36-59)89(17,18)19)74(76(70)73)72-65(46-61(80(90)94)69(60)75(71)72)107-57-31-23-53(24-32-57)87(11,12)13/h21-36,45-50,77-78H,6,20,37-44H2,1-5,7-19H3. The molecule has 11 rings (SSSR count). The summed E-state index contributed by atoms with van der Waals surface area (Å²) in [6.07, 6.45) is 0.192. The van der Waals surface area contributed by atoms with E-state index in [0.29, 0.717) is 23.0 Å². The van der Waals surface area contributed by atoms with Gasteiger partial charge in [0, 0.05) is 55.1 Å². The van der Waals surface area contributed by atoms with Crippen LogP contribution in [-0.4, -0.2) is 122 Å². The van der Waals surface area contributed by atoms with Crippen molar-refractivity contribution < 1.29 is 85.7 Å². The van der Waals surface area contributed by atoms with Crippen molar-refractivity contribution in [3.8, 4) is 46.0 Å². The third-order valence-electron chi connectivity index (χ3n) is 19.6. The molecule has 2 aliphatic heterocycles. The molecule has 0 radical (unpaired) electrons. The lowest BCUT2D eigenvalue weighted by molar-refractivity contribution is -0.152. The van der Waals surface area contributed by atoms with Crippen LogP contribution < -0.4 is 18.9 Å². The van der Waals surface area contributed by atoms with Gasteiger partial charge in [-0.1, -0.05) is 173 Å². The van der Waals surface area contributed by atoms with Crippen LogP contribution in [0.3, 0.4) is 0 Å². The van der Waals surface area contributed by atoms with Gasteiger partial charge in [0.15, 0.2) is 0 Å². The van der Waals surface area contributed by atoms with E-state index >= 15 is 19.2 Å². The number of fused-ring (bicyclic) bond motifs is 2. The summed E-state index contributed by atoms with van der Waals surface area (Å²) in [6, 6.07) is 33.3. The molecule has 0 fully saturated rings. The summed E-state index contributed by atoms with van der Waals surface area (Å²) in [7, 11) is 0. The monoisotopic (exact) mass is 1480 g/mol. The van der Waals surface area contributed by atoms with E-state index in [-0.39, 0.29) is 175 Å². The third-order valence-corrected chi connectivity index (χ3v) is 19.6. The number of benzene rings is 9. The second-order valence-corrected chi connectivity index (χ2v) is 32.6. The van der Waals surface area contributed by atoms with Crippen LogP contribution in [0.2, 0.25) is 0 Å². The average molecular weight is 1480 g/mol. The Kier molecular flexibility index (Phi) is 22.9. The molecule has 20 heteroatoms. The van der Waals surface area contributed by atoms with Crippen LogP contribution in [0.5, 0.6) is 46.0 Å². The number of imide groups is 2. The van der Waals surface area contributed by atoms with Gasteiger partial charge in [0.25, 0.3) is 23.6 Å². The number of carbonyl (C=O) groups excluding carboxylic acids is 8. The molecule has 572 valence electrons. The Hall–Kier alpha value is -10.7. The maximum absolute atomic E-state index is 16.3. The zero-order valence-corrected chi connectivity index (χ0v) is 65.7. The molecule has 109 heavy (non-hydrogen) atoms. The Morgan fingerprint density at radius 3 is 0.835 bits per heavy atom. The molecule has 2 atom stereocenters. The number of nitrogens with zero attached hydrogens (tertiary/aromatic N) is 2. The number of ether oxygens (including phenoxy) is 10. The molecule has 9 aromatic carbocycles. The summed E-state index contributed by atoms with van der Waals surface area (Å²) in [6.45, 7) is 37.8. The van der Waals surface area contributed by atoms with Crippen molar-refractivity contribution in [1.82, 2.24) is 9.80 Å². The number of rotatable bonds is 28. The van der Waals surface area contributed by atoms with Crippen LogP contribution in [0, 0.1) is 11.8 Å². The van der Waals surface area contributed by atoms with Crippen molar-refractivity contribution in [3.63, 3.8) is 0 Å². The predicted octanol–water partition coefficient (Wildman–Crippen LogP) is 18.5. The summed E-state index contributed by atoms with van der Waals surface area (Å²) >= 11 is 0. The molecule has 0 saturated carbocycles. The molecule has 0 bridgehead atoms. The molecule has 9 aromatic rings. The summed E-state index contributed by atoms with van der Waals surface area (Å²) in [5, 5.41) is 1.78. The van der Waals surface area contributed by atoms with Crippen LogP contribution >= 0.6 is 0 Å². The summed E-state index contributed by atoms with van der Waals surface area (Å²) < 4.78 is 62.5. The predicted molar refractivity (Wildman–Crippen MR) is 417 cm³/mol. The second-order valence-electron chi connectivity index (χ2n) is 32.6. The van der Waals surface area contributed by atoms with Crippen molar-refractivity contribution in [2.45, 2.75) is 165 Å². The first-order valence-electron chi connectivity index (χ1n) is 37.1. The van der Waals surface area contributed by atoms with Crippen LogP contribution in [0.15, 0.2) is 133 Å². The number of amides is 4. The lowest BCUT2D eigenvalue weighted by Gasteiger charge is -2.36. The molecule has 2 heterocycles. The Labute approximate surface area is 636 Å². The van der Waals surface area contributed by atoms with Crippen molar-refractivity contribution in [3.05, 3.63) is 178 Å². The highest BCUT2D eigenvalue weighted by atomic mass is 16.6. The minimum absolute atomic E-state index is 0.0125. The highest BCUT2D eigenvalue weighted by molar-refractivity contribution is 6.45. The number of hydrogen-bond acceptors (Lipinski definition) is 18. The number of esters is 4. The Balaban J connectivity index is 1.24. The normalized spacial score (nSPS) is 13.9. The van der Waals surface area contributed by atoms with Gasteiger partial charge in [-0.2, -0.15) is 0 Å². The molecule has 0 saturated heterocycles. The molecule has 0 aliphatic carbocycles. The fourth-order valence-electron chi connectivity index (χ4n) is 13.7. The van der Waals surface area contributed by atoms with E-state index in [1.54, 1.807) is 58.9 Å². The van der Waals surface area contributed by atoms with Crippen LogP contribution in [-0.2, 0) is 69.3 Å². The molecule has 0 aromatic heterocycles. The fraction of sp³-hybridized carbons (Fsp3) is 0.393. The van der Waals surface area contributed by atoms with E-state index in [4.69, 9.17) is 47.4 Å². The van der Waals surface area contributed by atoms with Crippen molar-refractivity contribution >= 4 is 90.6 Å². The lowest BCUT2D eigenvalue weighted by atomic mass is 9.80. The molecular formula is C89H98N2O18. The van der Waals surface area contributed by atoms with E-state index in [9.17, 15) is 19.2 Å². The maximum Gasteiger partial charge on any atom is 0.333 e. The summed E-state index contributed by atoms with van der Waals surface area (Å²) in [4.78, 5) is 121. The van der Waals surface area contributed by atoms with Crippen molar-refractivity contribution in [2.75, 3.05) is 52.9 Å². The average Bonchev–Trinajstić information content (AvgIpc) is 0.671. The van der Waals surface area contributed by atoms with E-state index in [1.807, 2.05) is 97.1 Å². The Morgan fingerprint density at radius 2 is 0.606 bits per heavy atom. The van der Waals surface area contributed by atoms with Crippen LogP contribution in [0.4, 0.5) is 0 Å². The van der Waals surface area contributed by atoms with Gasteiger partial charge in [0.05, 0.1) is 48.7 Å². The first kappa shape index (κ1) is 79.3. The van der Waals surface area contributed by atoms with Crippen molar-refractivity contribution in [2.24, 2.45) is 11.8 Å². The van der Waals surface area contributed by atoms with E-state index < -0.39 is 71.4 Å². The lowest BCUT2D eigenvalue weighted by Crippen LogP contribution is -2.53. The van der Waals surface area contributed by atoms with E-state index in [1.165, 1.54) is 6.92 Å². The van der Waals surface area contributed by atoms with E-state index in [2.05, 4.69) is 89.7 Å². The zero-order valence-electron chi connectivity index (χ0n) is 65.7. The van der Waals surface area contributed by atoms with Gasteiger partial charge in [0.1, 0.15) is 84.5 Å². The van der Waals surface area contributed by atoms with Gasteiger partial charge in [-0.25, -0.2) is 14.4 Å². The van der Waals surface area contributed by atoms with Gasteiger partial charge in [-0.05, 0) is 135 Å². The molecule has 0 spiro atoms. The molecule has 4 amide bonds. The first-order chi connectivity index (χ1) is 51.4. The molecule has 0 N–H and O–H groups in total. The topological polar surface area (TPSA) is 235 Å². The second kappa shape index (κ2) is 31.5. The summed E-state index contributed by atoms with van der Waals surface area (Å²) in [5.74, 6) is -6.15. The first-order valence-corrected chi connectivity index (χ1v) is 37.1. The molecule has 2 aliphatic rings. The third kappa shape index (κ3) is 16.5. The SMILES string of the molecule is C=C(C)C(=O)OCCOCCOC(=O)C(C(C)C)N1C(=O)c2cc(Oc3ccc(C(C)(C)C)cc3)c3c4c(Oc5ccc(C(C)(C)C)cc5)cc5c6c(cc(Oc7ccc(C(C)(C)C)cc7)c(c7c(Oc8ccc(C(C)(C)C)cc8)cc(c2c37)C1=O)c64)C(=O)N(C(C(=O)OCCOCCOC(=O)CC)C(C)C)C5=O. The highest BCUT2D eigenvalue weighted by Crippen LogP contribution is 2.58. The highest BCUT2D eigenvalue weighted by Gasteiger charge is 2.48. The number of carbonyl (C=O) groups is 8. The Bertz CT molecular complexity index is 4560. The number of hydrogen-bond donors (Lipinski definition) is 0. The van der Waals surface area contributed by atoms with Crippen LogP contribution in [0.1, 0.15) is 195 Å². The van der Waals surface area contributed by atoms with Crippen molar-refractivity contribution in [1.29, 1.82) is 0 Å². The van der Waals surface area contributed by atoms with Gasteiger partial charge in [0.2, 0.25) is 0 Å². The largest absolute Gasteiger partial charge is 0.463 e. The van der Waals surface area contributed by atoms with Gasteiger partial charge in [-0.3, -0.25) is 33.8 Å². The zero-order chi connectivity index (χ0) is 79.1. The molecule has 20 nitrogen and oxygen atoms in total. The molecule has 2 unspecified atom stereocenters. The molecular weight excluding hydrogens is 1380 g/mol. The minimum atomic E-state index is -1.52.